The Morgan fingerprint density at radius 3 is 1.73 bits per heavy atom. The van der Waals surface area contributed by atoms with E-state index in [0.717, 1.165) is 10.4 Å². The van der Waals surface area contributed by atoms with Crippen molar-refractivity contribution in [3.05, 3.63) is 102 Å². The fraction of sp³-hybridized carbons (Fsp3) is 0.231. The lowest BCUT2D eigenvalue weighted by molar-refractivity contribution is 0.457. The van der Waals surface area contributed by atoms with Crippen molar-refractivity contribution < 1.29 is 13.6 Å². The van der Waals surface area contributed by atoms with Crippen LogP contribution >= 0.6 is 0 Å². The summed E-state index contributed by atoms with van der Waals surface area (Å²) in [6.45, 7) is 9.48. The Bertz CT molecular complexity index is 967. The summed E-state index contributed by atoms with van der Waals surface area (Å²) in [6.07, 6.45) is 0.649. The van der Waals surface area contributed by atoms with Gasteiger partial charge in [-0.1, -0.05) is 86.7 Å². The van der Waals surface area contributed by atoms with E-state index in [0.29, 0.717) is 17.6 Å². The van der Waals surface area contributed by atoms with E-state index in [-0.39, 0.29) is 12.0 Å². The summed E-state index contributed by atoms with van der Waals surface area (Å²) < 4.78 is 29.3. The van der Waals surface area contributed by atoms with Crippen LogP contribution in [0.5, 0.6) is 0 Å². The van der Waals surface area contributed by atoms with Gasteiger partial charge in [-0.25, -0.2) is 8.78 Å². The molecule has 0 saturated heterocycles. The first kappa shape index (κ1) is 22.1. The average molecular weight is 423 g/mol. The van der Waals surface area contributed by atoms with Gasteiger partial charge in [0.05, 0.1) is 0 Å². The highest BCUT2D eigenvalue weighted by Gasteiger charge is 2.49. The van der Waals surface area contributed by atoms with Gasteiger partial charge < -0.3 is 4.80 Å². The summed E-state index contributed by atoms with van der Waals surface area (Å²) in [4.78, 5) is 12.2. The summed E-state index contributed by atoms with van der Waals surface area (Å²) in [6, 6.07) is 22.0. The first-order valence-corrected chi connectivity index (χ1v) is 12.1. The maximum absolute atomic E-state index is 14.7. The molecule has 0 aliphatic heterocycles. The van der Waals surface area contributed by atoms with Gasteiger partial charge in [0.15, 0.2) is 0 Å². The number of hydrogen-bond donors (Lipinski definition) is 1. The predicted octanol–water partition coefficient (Wildman–Crippen LogP) is 5.46. The number of rotatable bonds is 7. The van der Waals surface area contributed by atoms with E-state index in [4.69, 9.17) is 0 Å². The molecule has 3 rings (SSSR count). The molecule has 4 heteroatoms. The van der Waals surface area contributed by atoms with E-state index in [1.54, 1.807) is 6.92 Å². The Balaban J connectivity index is 1.99. The fourth-order valence-corrected chi connectivity index (χ4v) is 7.75. The van der Waals surface area contributed by atoms with Gasteiger partial charge in [0.25, 0.3) is 8.32 Å². The molecular weight excluding hydrogens is 394 g/mol. The van der Waals surface area contributed by atoms with Crippen molar-refractivity contribution in [3.63, 3.8) is 0 Å². The second kappa shape index (κ2) is 8.66. The Labute approximate surface area is 178 Å². The van der Waals surface area contributed by atoms with Crippen molar-refractivity contribution in [1.82, 2.24) is 0 Å². The lowest BCUT2D eigenvalue weighted by Crippen LogP contribution is -2.65. The number of allylic oxidation sites excluding steroid dienone is 1. The van der Waals surface area contributed by atoms with Crippen LogP contribution in [0.1, 0.15) is 38.3 Å². The Morgan fingerprint density at radius 1 is 0.900 bits per heavy atom. The van der Waals surface area contributed by atoms with E-state index in [2.05, 4.69) is 6.58 Å². The van der Waals surface area contributed by atoms with Crippen LogP contribution in [-0.2, 0) is 6.42 Å². The second-order valence-electron chi connectivity index (χ2n) is 8.53. The summed E-state index contributed by atoms with van der Waals surface area (Å²) in [5.74, 6) is -1.12. The normalized spacial score (nSPS) is 12.1. The van der Waals surface area contributed by atoms with Gasteiger partial charge in [0.2, 0.25) is 0 Å². The molecule has 0 unspecified atom stereocenters. The molecule has 0 atom stereocenters. The Hall–Kier alpha value is -2.56. The van der Waals surface area contributed by atoms with Gasteiger partial charge in [-0.2, -0.15) is 0 Å². The number of benzene rings is 3. The predicted molar refractivity (Wildman–Crippen MR) is 124 cm³/mol. The maximum atomic E-state index is 14.7. The average Bonchev–Trinajstić information content (AvgIpc) is 2.73. The Morgan fingerprint density at radius 2 is 1.33 bits per heavy atom. The van der Waals surface area contributed by atoms with Crippen LogP contribution in [0.4, 0.5) is 8.78 Å². The number of halogens is 2. The fourth-order valence-electron chi connectivity index (χ4n) is 4.01. The van der Waals surface area contributed by atoms with Gasteiger partial charge in [0.1, 0.15) is 11.6 Å². The minimum Gasteiger partial charge on any atom is -0.424 e. The third-order valence-electron chi connectivity index (χ3n) is 6.00. The summed E-state index contributed by atoms with van der Waals surface area (Å²) in [5, 5.41) is 1.21. The molecule has 0 aliphatic carbocycles. The maximum Gasteiger partial charge on any atom is 0.258 e. The van der Waals surface area contributed by atoms with Crippen molar-refractivity contribution >= 4 is 24.3 Å². The van der Waals surface area contributed by atoms with Crippen LogP contribution in [0.15, 0.2) is 79.4 Å². The minimum absolute atomic E-state index is 0.0607. The molecular formula is C26H28F2OSi. The van der Waals surface area contributed by atoms with Crippen molar-refractivity contribution in [2.24, 2.45) is 0 Å². The first-order valence-electron chi connectivity index (χ1n) is 10.1. The molecule has 0 fully saturated rings. The lowest BCUT2D eigenvalue weighted by Gasteiger charge is -2.41. The van der Waals surface area contributed by atoms with E-state index in [9.17, 15) is 13.6 Å². The van der Waals surface area contributed by atoms with E-state index in [1.807, 2.05) is 74.5 Å². The van der Waals surface area contributed by atoms with Crippen LogP contribution in [0.2, 0.25) is 5.04 Å². The third kappa shape index (κ3) is 4.16. The molecule has 3 aromatic carbocycles. The minimum atomic E-state index is -3.21. The van der Waals surface area contributed by atoms with Crippen LogP contribution in [0.3, 0.4) is 0 Å². The summed E-state index contributed by atoms with van der Waals surface area (Å²) in [7, 11) is -3.21. The van der Waals surface area contributed by atoms with E-state index < -0.39 is 25.0 Å². The van der Waals surface area contributed by atoms with Gasteiger partial charge in [-0.05, 0) is 52.9 Å². The zero-order chi connectivity index (χ0) is 21.9. The van der Waals surface area contributed by atoms with Gasteiger partial charge in [-0.15, -0.1) is 0 Å². The molecule has 1 N–H and O–H groups in total. The monoisotopic (exact) mass is 422 g/mol. The molecule has 30 heavy (non-hydrogen) atoms. The lowest BCUT2D eigenvalue weighted by atomic mass is 9.98. The molecule has 0 aromatic heterocycles. The Kier molecular flexibility index (Phi) is 6.39. The molecule has 1 nitrogen and oxygen atoms in total. The molecule has 0 radical (unpaired) electrons. The van der Waals surface area contributed by atoms with Crippen molar-refractivity contribution in [1.29, 1.82) is 0 Å². The molecule has 0 bridgehead atoms. The highest BCUT2D eigenvalue weighted by molar-refractivity contribution is 6.98. The molecule has 0 aliphatic rings. The summed E-state index contributed by atoms with van der Waals surface area (Å²) >= 11 is 0. The molecule has 0 saturated carbocycles. The molecule has 156 valence electrons. The quantitative estimate of drug-likeness (QED) is 0.501. The van der Waals surface area contributed by atoms with Crippen molar-refractivity contribution in [2.75, 3.05) is 0 Å². The van der Waals surface area contributed by atoms with Crippen molar-refractivity contribution in [2.45, 2.75) is 38.7 Å². The summed E-state index contributed by atoms with van der Waals surface area (Å²) in [5.41, 5.74) is 1.15. The van der Waals surface area contributed by atoms with Crippen LogP contribution < -0.4 is 10.4 Å². The zero-order valence-corrected chi connectivity index (χ0v) is 18.8. The molecule has 0 heterocycles. The van der Waals surface area contributed by atoms with Gasteiger partial charge >= 0.3 is 0 Å². The van der Waals surface area contributed by atoms with E-state index >= 15 is 0 Å². The SMILES string of the molecule is C=C(C)c1cc(F)c(CCC(C)(C)[Si](O)(c2ccccc2)c2ccccc2)c(F)c1. The highest BCUT2D eigenvalue weighted by Crippen LogP contribution is 2.40. The van der Waals surface area contributed by atoms with Crippen LogP contribution in [-0.4, -0.2) is 13.1 Å². The molecule has 0 spiro atoms. The molecule has 0 amide bonds. The largest absolute Gasteiger partial charge is 0.424 e. The smallest absolute Gasteiger partial charge is 0.258 e. The second-order valence-corrected chi connectivity index (χ2v) is 12.5. The number of hydrogen-bond acceptors (Lipinski definition) is 1. The third-order valence-corrected chi connectivity index (χ3v) is 10.5. The zero-order valence-electron chi connectivity index (χ0n) is 17.8. The van der Waals surface area contributed by atoms with Crippen molar-refractivity contribution in [3.8, 4) is 0 Å². The topological polar surface area (TPSA) is 20.2 Å². The standard InChI is InChI=1S/C26H28F2OSi/c1-19(2)20-17-24(27)23(25(28)18-20)15-16-26(3,4)30(29,21-11-7-5-8-12-21)22-13-9-6-10-14-22/h5-14,17-18,29H,1,15-16H2,2-4H3. The van der Waals surface area contributed by atoms with E-state index in [1.165, 1.54) is 12.1 Å². The van der Waals surface area contributed by atoms with Gasteiger partial charge in [-0.3, -0.25) is 0 Å². The molecule has 3 aromatic rings. The van der Waals surface area contributed by atoms with Crippen LogP contribution in [0, 0.1) is 11.6 Å². The van der Waals surface area contributed by atoms with Gasteiger partial charge in [0, 0.05) is 5.56 Å². The van der Waals surface area contributed by atoms with Crippen LogP contribution in [0.25, 0.3) is 5.57 Å². The highest BCUT2D eigenvalue weighted by atomic mass is 28.4. The first-order chi connectivity index (χ1) is 14.2.